The second-order valence-electron chi connectivity index (χ2n) is 4.79. The summed E-state index contributed by atoms with van der Waals surface area (Å²) < 4.78 is 6.51. The van der Waals surface area contributed by atoms with Gasteiger partial charge >= 0.3 is 0 Å². The van der Waals surface area contributed by atoms with E-state index in [9.17, 15) is 4.79 Å². The van der Waals surface area contributed by atoms with Crippen LogP contribution >= 0.6 is 27.7 Å². The van der Waals surface area contributed by atoms with Gasteiger partial charge in [0.15, 0.2) is 0 Å². The number of anilines is 1. The Balaban J connectivity index is 1.78. The first-order valence-electron chi connectivity index (χ1n) is 7.13. The third-order valence-corrected chi connectivity index (χ3v) is 4.43. The number of hydrogen-bond acceptors (Lipinski definition) is 3. The lowest BCUT2D eigenvalue weighted by molar-refractivity contribution is -0.113. The molecule has 120 valence electrons. The average molecular weight is 392 g/mol. The summed E-state index contributed by atoms with van der Waals surface area (Å²) in [6.45, 7) is 4.05. The van der Waals surface area contributed by atoms with Crippen molar-refractivity contribution in [2.75, 3.05) is 17.7 Å². The summed E-state index contributed by atoms with van der Waals surface area (Å²) >= 11 is 4.99. The Morgan fingerprint density at radius 2 is 2.04 bits per heavy atom. The highest BCUT2D eigenvalue weighted by Gasteiger charge is 2.04. The Morgan fingerprint density at radius 3 is 2.78 bits per heavy atom. The molecule has 0 fully saturated rings. The molecule has 23 heavy (non-hydrogen) atoms. The maximum Gasteiger partial charge on any atom is 0.234 e. The first kappa shape index (κ1) is 17.6. The minimum Gasteiger partial charge on any atom is -0.489 e. The molecule has 0 unspecified atom stereocenters. The Hall–Kier alpha value is -1.72. The third kappa shape index (κ3) is 6.50. The summed E-state index contributed by atoms with van der Waals surface area (Å²) in [6, 6.07) is 15.5. The van der Waals surface area contributed by atoms with Crippen LogP contribution in [-0.4, -0.2) is 18.3 Å². The zero-order chi connectivity index (χ0) is 16.5. The molecule has 0 saturated carbocycles. The summed E-state index contributed by atoms with van der Waals surface area (Å²) in [5, 5.41) is 2.88. The van der Waals surface area contributed by atoms with E-state index in [1.165, 1.54) is 5.56 Å². The van der Waals surface area contributed by atoms with Gasteiger partial charge in [-0.3, -0.25) is 4.79 Å². The van der Waals surface area contributed by atoms with Crippen molar-refractivity contribution in [2.24, 2.45) is 0 Å². The molecule has 0 aliphatic carbocycles. The van der Waals surface area contributed by atoms with Crippen LogP contribution in [0.25, 0.3) is 0 Å². The van der Waals surface area contributed by atoms with E-state index in [0.717, 1.165) is 15.9 Å². The van der Waals surface area contributed by atoms with Crippen molar-refractivity contribution in [3.05, 3.63) is 71.2 Å². The lowest BCUT2D eigenvalue weighted by Gasteiger charge is -2.08. The Kier molecular flexibility index (Phi) is 7.23. The van der Waals surface area contributed by atoms with E-state index in [1.807, 2.05) is 30.3 Å². The summed E-state index contributed by atoms with van der Waals surface area (Å²) in [5.74, 6) is 1.91. The van der Waals surface area contributed by atoms with Crippen LogP contribution in [0.15, 0.2) is 65.7 Å². The van der Waals surface area contributed by atoms with Gasteiger partial charge in [0.25, 0.3) is 0 Å². The van der Waals surface area contributed by atoms with Crippen LogP contribution < -0.4 is 10.1 Å². The van der Waals surface area contributed by atoms with Gasteiger partial charge < -0.3 is 10.1 Å². The maximum absolute atomic E-state index is 12.0. The molecule has 0 bridgehead atoms. The van der Waals surface area contributed by atoms with Gasteiger partial charge in [0, 0.05) is 22.0 Å². The lowest BCUT2D eigenvalue weighted by Crippen LogP contribution is -2.14. The molecule has 2 aromatic rings. The number of nitrogens with one attached hydrogen (secondary N) is 1. The van der Waals surface area contributed by atoms with Crippen molar-refractivity contribution in [1.29, 1.82) is 0 Å². The van der Waals surface area contributed by atoms with Crippen LogP contribution in [0.5, 0.6) is 5.75 Å². The number of amides is 1. The molecular formula is C18H18BrNO2S. The van der Waals surface area contributed by atoms with Crippen LogP contribution in [0, 0.1) is 0 Å². The first-order chi connectivity index (χ1) is 11.2. The summed E-state index contributed by atoms with van der Waals surface area (Å²) in [7, 11) is 0. The molecule has 0 aliphatic heterocycles. The molecule has 3 nitrogen and oxygen atoms in total. The van der Waals surface area contributed by atoms with Crippen LogP contribution in [0.3, 0.4) is 0 Å². The quantitative estimate of drug-likeness (QED) is 0.651. The highest BCUT2D eigenvalue weighted by Crippen LogP contribution is 2.19. The molecule has 0 atom stereocenters. The van der Waals surface area contributed by atoms with Gasteiger partial charge in [-0.2, -0.15) is 0 Å². The van der Waals surface area contributed by atoms with Crippen molar-refractivity contribution in [3.63, 3.8) is 0 Å². The monoisotopic (exact) mass is 391 g/mol. The van der Waals surface area contributed by atoms with E-state index >= 15 is 0 Å². The fraction of sp³-hybridized carbons (Fsp3) is 0.167. The molecule has 0 aliphatic rings. The second kappa shape index (κ2) is 9.43. The largest absolute Gasteiger partial charge is 0.489 e. The predicted molar refractivity (Wildman–Crippen MR) is 101 cm³/mol. The van der Waals surface area contributed by atoms with Gasteiger partial charge in [-0.05, 0) is 29.8 Å². The van der Waals surface area contributed by atoms with Gasteiger partial charge in [0.05, 0.1) is 5.75 Å². The molecule has 0 spiro atoms. The predicted octanol–water partition coefficient (Wildman–Crippen LogP) is 4.89. The molecule has 2 rings (SSSR count). The fourth-order valence-corrected chi connectivity index (χ4v) is 2.91. The SMILES string of the molecule is C=CCOc1cccc(NC(=O)CSCc2ccc(Br)cc2)c1. The highest BCUT2D eigenvalue weighted by molar-refractivity contribution is 9.10. The number of rotatable bonds is 8. The van der Waals surface area contributed by atoms with Crippen LogP contribution in [0.4, 0.5) is 5.69 Å². The van der Waals surface area contributed by atoms with E-state index in [2.05, 4.69) is 40.0 Å². The zero-order valence-corrected chi connectivity index (χ0v) is 15.0. The fourth-order valence-electron chi connectivity index (χ4n) is 1.86. The molecule has 0 heterocycles. The number of carbonyl (C=O) groups is 1. The van der Waals surface area contributed by atoms with Crippen molar-refractivity contribution in [1.82, 2.24) is 0 Å². The Labute approximate surface area is 149 Å². The topological polar surface area (TPSA) is 38.3 Å². The van der Waals surface area contributed by atoms with Gasteiger partial charge in [-0.25, -0.2) is 0 Å². The van der Waals surface area contributed by atoms with E-state index < -0.39 is 0 Å². The van der Waals surface area contributed by atoms with E-state index in [-0.39, 0.29) is 5.91 Å². The van der Waals surface area contributed by atoms with Crippen LogP contribution in [0.1, 0.15) is 5.56 Å². The summed E-state index contributed by atoms with van der Waals surface area (Å²) in [5.41, 5.74) is 1.94. The second-order valence-corrected chi connectivity index (χ2v) is 6.70. The van der Waals surface area contributed by atoms with Gasteiger partial charge in [0.2, 0.25) is 5.91 Å². The highest BCUT2D eigenvalue weighted by atomic mass is 79.9. The first-order valence-corrected chi connectivity index (χ1v) is 9.08. The number of ether oxygens (including phenoxy) is 1. The average Bonchev–Trinajstić information content (AvgIpc) is 2.55. The smallest absolute Gasteiger partial charge is 0.234 e. The van der Waals surface area contributed by atoms with Gasteiger partial charge in [0.1, 0.15) is 12.4 Å². The van der Waals surface area contributed by atoms with E-state index in [4.69, 9.17) is 4.74 Å². The van der Waals surface area contributed by atoms with Crippen molar-refractivity contribution in [2.45, 2.75) is 5.75 Å². The molecule has 1 N–H and O–H groups in total. The zero-order valence-electron chi connectivity index (χ0n) is 12.6. The van der Waals surface area contributed by atoms with E-state index in [0.29, 0.717) is 18.1 Å². The minimum atomic E-state index is -0.0204. The Morgan fingerprint density at radius 1 is 1.26 bits per heavy atom. The molecule has 0 saturated heterocycles. The number of hydrogen-bond donors (Lipinski definition) is 1. The normalized spacial score (nSPS) is 10.1. The number of thioether (sulfide) groups is 1. The molecule has 0 aromatic heterocycles. The van der Waals surface area contributed by atoms with Gasteiger partial charge in [-0.1, -0.05) is 46.8 Å². The molecule has 5 heteroatoms. The Bertz CT molecular complexity index is 658. The van der Waals surface area contributed by atoms with Crippen molar-refractivity contribution >= 4 is 39.3 Å². The van der Waals surface area contributed by atoms with Crippen LogP contribution in [-0.2, 0) is 10.5 Å². The summed E-state index contributed by atoms with van der Waals surface area (Å²) in [6.07, 6.45) is 1.68. The van der Waals surface area contributed by atoms with Crippen molar-refractivity contribution < 1.29 is 9.53 Å². The van der Waals surface area contributed by atoms with Crippen molar-refractivity contribution in [3.8, 4) is 5.75 Å². The lowest BCUT2D eigenvalue weighted by atomic mass is 10.2. The number of halogens is 1. The maximum atomic E-state index is 12.0. The van der Waals surface area contributed by atoms with E-state index in [1.54, 1.807) is 23.9 Å². The molecule has 0 radical (unpaired) electrons. The number of benzene rings is 2. The van der Waals surface area contributed by atoms with Gasteiger partial charge in [-0.15, -0.1) is 11.8 Å². The van der Waals surface area contributed by atoms with Crippen LogP contribution in [0.2, 0.25) is 0 Å². The summed E-state index contributed by atoms with van der Waals surface area (Å²) in [4.78, 5) is 12.0. The number of carbonyl (C=O) groups excluding carboxylic acids is 1. The standard InChI is InChI=1S/C18H18BrNO2S/c1-2-10-22-17-5-3-4-16(11-17)20-18(21)13-23-12-14-6-8-15(19)9-7-14/h2-9,11H,1,10,12-13H2,(H,20,21). The minimum absolute atomic E-state index is 0.0204. The third-order valence-electron chi connectivity index (χ3n) is 2.90. The molecule has 2 aromatic carbocycles. The molecular weight excluding hydrogens is 374 g/mol. The molecule has 1 amide bonds.